The van der Waals surface area contributed by atoms with Gasteiger partial charge in [-0.1, -0.05) is 12.1 Å². The SMILES string of the molecule is Cl.NCc1ccc(NC(=O)COCC2CCOC2)cc1. The number of hydrogen-bond acceptors (Lipinski definition) is 4. The van der Waals surface area contributed by atoms with Gasteiger partial charge in [-0.15, -0.1) is 12.4 Å². The number of rotatable bonds is 6. The average Bonchev–Trinajstić information content (AvgIpc) is 2.93. The molecule has 1 fully saturated rings. The summed E-state index contributed by atoms with van der Waals surface area (Å²) in [6.07, 6.45) is 1.02. The molecular weight excluding hydrogens is 280 g/mol. The molecule has 1 aromatic carbocycles. The van der Waals surface area contributed by atoms with Crippen molar-refractivity contribution in [1.82, 2.24) is 0 Å². The quantitative estimate of drug-likeness (QED) is 0.836. The van der Waals surface area contributed by atoms with Crippen LogP contribution in [0.5, 0.6) is 0 Å². The van der Waals surface area contributed by atoms with Crippen LogP contribution in [0.1, 0.15) is 12.0 Å². The van der Waals surface area contributed by atoms with Crippen molar-refractivity contribution in [3.8, 4) is 0 Å². The van der Waals surface area contributed by atoms with E-state index in [9.17, 15) is 4.79 Å². The number of amides is 1. The van der Waals surface area contributed by atoms with Gasteiger partial charge < -0.3 is 20.5 Å². The van der Waals surface area contributed by atoms with Crippen molar-refractivity contribution >= 4 is 24.0 Å². The molecule has 1 aliphatic rings. The Kier molecular flexibility index (Phi) is 7.54. The highest BCUT2D eigenvalue weighted by Crippen LogP contribution is 2.12. The summed E-state index contributed by atoms with van der Waals surface area (Å²) in [6.45, 7) is 2.70. The minimum absolute atomic E-state index is 0. The maximum atomic E-state index is 11.6. The Labute approximate surface area is 125 Å². The Morgan fingerprint density at radius 2 is 2.15 bits per heavy atom. The maximum absolute atomic E-state index is 11.6. The van der Waals surface area contributed by atoms with Crippen molar-refractivity contribution in [2.45, 2.75) is 13.0 Å². The first-order valence-electron chi connectivity index (χ1n) is 6.52. The van der Waals surface area contributed by atoms with Crippen molar-refractivity contribution < 1.29 is 14.3 Å². The van der Waals surface area contributed by atoms with Gasteiger partial charge in [-0.05, 0) is 24.1 Å². The molecule has 3 N–H and O–H groups in total. The minimum atomic E-state index is -0.139. The van der Waals surface area contributed by atoms with Crippen molar-refractivity contribution in [3.63, 3.8) is 0 Å². The van der Waals surface area contributed by atoms with Gasteiger partial charge in [-0.3, -0.25) is 4.79 Å². The molecule has 0 aromatic heterocycles. The second kappa shape index (κ2) is 8.92. The summed E-state index contributed by atoms with van der Waals surface area (Å²) in [5.74, 6) is 0.288. The van der Waals surface area contributed by atoms with Gasteiger partial charge in [0.05, 0.1) is 13.2 Å². The molecule has 6 heteroatoms. The molecular formula is C14H21ClN2O3. The summed E-state index contributed by atoms with van der Waals surface area (Å²) >= 11 is 0. The number of anilines is 1. The zero-order valence-electron chi connectivity index (χ0n) is 11.3. The standard InChI is InChI=1S/C14H20N2O3.ClH/c15-7-11-1-3-13(4-2-11)16-14(17)10-19-9-12-5-6-18-8-12;/h1-4,12H,5-10,15H2,(H,16,17);1H. The molecule has 1 aliphatic heterocycles. The molecule has 0 saturated carbocycles. The number of carbonyl (C=O) groups excluding carboxylic acids is 1. The molecule has 1 saturated heterocycles. The van der Waals surface area contributed by atoms with E-state index >= 15 is 0 Å². The second-order valence-corrected chi connectivity index (χ2v) is 4.69. The van der Waals surface area contributed by atoms with Gasteiger partial charge in [0.15, 0.2) is 0 Å². The summed E-state index contributed by atoms with van der Waals surface area (Å²) in [5.41, 5.74) is 7.31. The number of nitrogens with two attached hydrogens (primary N) is 1. The smallest absolute Gasteiger partial charge is 0.250 e. The molecule has 0 spiro atoms. The first-order chi connectivity index (χ1) is 9.28. The van der Waals surface area contributed by atoms with Crippen molar-refractivity contribution in [3.05, 3.63) is 29.8 Å². The molecule has 1 amide bonds. The van der Waals surface area contributed by atoms with E-state index in [1.54, 1.807) is 0 Å². The summed E-state index contributed by atoms with van der Waals surface area (Å²) in [4.78, 5) is 11.6. The van der Waals surface area contributed by atoms with Crippen molar-refractivity contribution in [2.75, 3.05) is 31.7 Å². The lowest BCUT2D eigenvalue weighted by Crippen LogP contribution is -2.21. The van der Waals surface area contributed by atoms with Crippen LogP contribution in [0.25, 0.3) is 0 Å². The molecule has 5 nitrogen and oxygen atoms in total. The van der Waals surface area contributed by atoms with Gasteiger partial charge in [0.1, 0.15) is 6.61 Å². The Morgan fingerprint density at radius 3 is 2.75 bits per heavy atom. The van der Waals surface area contributed by atoms with Gasteiger partial charge in [-0.25, -0.2) is 0 Å². The van der Waals surface area contributed by atoms with E-state index in [1.165, 1.54) is 0 Å². The predicted octanol–water partition coefficient (Wildman–Crippen LogP) is 1.56. The zero-order valence-corrected chi connectivity index (χ0v) is 12.2. The van der Waals surface area contributed by atoms with Gasteiger partial charge in [0.25, 0.3) is 0 Å². The monoisotopic (exact) mass is 300 g/mol. The summed E-state index contributed by atoms with van der Waals surface area (Å²) < 4.78 is 10.6. The fraction of sp³-hybridized carbons (Fsp3) is 0.500. The number of halogens is 1. The van der Waals surface area contributed by atoms with E-state index in [1.807, 2.05) is 24.3 Å². The largest absolute Gasteiger partial charge is 0.381 e. The third-order valence-corrected chi connectivity index (χ3v) is 3.08. The van der Waals surface area contributed by atoms with Crippen LogP contribution in [0.4, 0.5) is 5.69 Å². The zero-order chi connectivity index (χ0) is 13.5. The summed E-state index contributed by atoms with van der Waals surface area (Å²) in [6, 6.07) is 7.47. The minimum Gasteiger partial charge on any atom is -0.381 e. The average molecular weight is 301 g/mol. The first kappa shape index (κ1) is 16.9. The van der Waals surface area contributed by atoms with E-state index in [4.69, 9.17) is 15.2 Å². The molecule has 20 heavy (non-hydrogen) atoms. The van der Waals surface area contributed by atoms with Crippen LogP contribution in [-0.4, -0.2) is 32.3 Å². The lowest BCUT2D eigenvalue weighted by atomic mass is 10.1. The molecule has 0 bridgehead atoms. The van der Waals surface area contributed by atoms with Gasteiger partial charge in [0.2, 0.25) is 5.91 Å². The Hall–Kier alpha value is -1.14. The van der Waals surface area contributed by atoms with Gasteiger partial charge >= 0.3 is 0 Å². The van der Waals surface area contributed by atoms with Crippen molar-refractivity contribution in [2.24, 2.45) is 11.7 Å². The predicted molar refractivity (Wildman–Crippen MR) is 80.0 cm³/mol. The maximum Gasteiger partial charge on any atom is 0.250 e. The highest BCUT2D eigenvalue weighted by Gasteiger charge is 2.16. The highest BCUT2D eigenvalue weighted by molar-refractivity contribution is 5.91. The normalized spacial score (nSPS) is 17.6. The molecule has 2 rings (SSSR count). The molecule has 1 heterocycles. The molecule has 0 aliphatic carbocycles. The second-order valence-electron chi connectivity index (χ2n) is 4.69. The molecule has 112 valence electrons. The van der Waals surface area contributed by atoms with Crippen LogP contribution in [0.15, 0.2) is 24.3 Å². The van der Waals surface area contributed by atoms with Gasteiger partial charge in [0, 0.05) is 24.8 Å². The molecule has 1 atom stereocenters. The van der Waals surface area contributed by atoms with Crippen LogP contribution < -0.4 is 11.1 Å². The fourth-order valence-electron chi connectivity index (χ4n) is 1.95. The molecule has 0 radical (unpaired) electrons. The number of nitrogens with one attached hydrogen (secondary N) is 1. The number of carbonyl (C=O) groups is 1. The highest BCUT2D eigenvalue weighted by atomic mass is 35.5. The fourth-order valence-corrected chi connectivity index (χ4v) is 1.95. The lowest BCUT2D eigenvalue weighted by molar-refractivity contribution is -0.121. The Balaban J connectivity index is 0.00000200. The third-order valence-electron chi connectivity index (χ3n) is 3.08. The van der Waals surface area contributed by atoms with E-state index in [0.717, 1.165) is 30.9 Å². The van der Waals surface area contributed by atoms with E-state index in [2.05, 4.69) is 5.32 Å². The summed E-state index contributed by atoms with van der Waals surface area (Å²) in [7, 11) is 0. The third kappa shape index (κ3) is 5.46. The Bertz CT molecular complexity index is 405. The van der Waals surface area contributed by atoms with Crippen LogP contribution in [0.2, 0.25) is 0 Å². The molecule has 1 aromatic rings. The van der Waals surface area contributed by atoms with E-state index in [-0.39, 0.29) is 24.9 Å². The Morgan fingerprint density at radius 1 is 1.40 bits per heavy atom. The lowest BCUT2D eigenvalue weighted by Gasteiger charge is -2.09. The number of ether oxygens (including phenoxy) is 2. The van der Waals surface area contributed by atoms with Crippen LogP contribution in [0, 0.1) is 5.92 Å². The number of hydrogen-bond donors (Lipinski definition) is 2. The topological polar surface area (TPSA) is 73.6 Å². The van der Waals surface area contributed by atoms with Crippen LogP contribution >= 0.6 is 12.4 Å². The summed E-state index contributed by atoms with van der Waals surface area (Å²) in [5, 5.41) is 2.78. The van der Waals surface area contributed by atoms with E-state index in [0.29, 0.717) is 19.1 Å². The van der Waals surface area contributed by atoms with Crippen LogP contribution in [0.3, 0.4) is 0 Å². The number of benzene rings is 1. The molecule has 1 unspecified atom stereocenters. The first-order valence-corrected chi connectivity index (χ1v) is 6.52. The van der Waals surface area contributed by atoms with Crippen LogP contribution in [-0.2, 0) is 20.8 Å². The van der Waals surface area contributed by atoms with Gasteiger partial charge in [-0.2, -0.15) is 0 Å². The van der Waals surface area contributed by atoms with E-state index < -0.39 is 0 Å². The van der Waals surface area contributed by atoms with Crippen molar-refractivity contribution in [1.29, 1.82) is 0 Å².